The Balaban J connectivity index is 2.85. The number of carbonyl (C=O) groups is 3. The number of carboxylic acid groups (broad SMARTS) is 1. The summed E-state index contributed by atoms with van der Waals surface area (Å²) in [4.78, 5) is 41.3. The molecule has 21 heavy (non-hydrogen) atoms. The molecule has 9 nitrogen and oxygen atoms in total. The summed E-state index contributed by atoms with van der Waals surface area (Å²) in [5.74, 6) is -1.49. The van der Waals surface area contributed by atoms with E-state index in [-0.39, 0.29) is 11.5 Å². The molecule has 0 fully saturated rings. The molecule has 0 radical (unpaired) electrons. The van der Waals surface area contributed by atoms with Gasteiger partial charge < -0.3 is 21.5 Å². The fourth-order valence-electron chi connectivity index (χ4n) is 1.47. The summed E-state index contributed by atoms with van der Waals surface area (Å²) in [7, 11) is 0. The van der Waals surface area contributed by atoms with Gasteiger partial charge in [-0.1, -0.05) is 0 Å². The standard InChI is InChI=1S/C11H15N5O4S/c1-21-5-2-6(15-11(12)20)9(17)16-8-7(10(18)19)13-3-4-14-8/h3-4,6H,2,5H2,1H3,(H,18,19)(H3,12,15,20)(H,14,16,17). The van der Waals surface area contributed by atoms with Crippen molar-refractivity contribution in [2.45, 2.75) is 12.5 Å². The first-order valence-corrected chi connectivity index (χ1v) is 7.25. The molecular formula is C11H15N5O4S. The summed E-state index contributed by atoms with van der Waals surface area (Å²) in [6.07, 6.45) is 4.65. The predicted octanol–water partition coefficient (Wildman–Crippen LogP) is -0.0967. The fraction of sp³-hybridized carbons (Fsp3) is 0.364. The number of anilines is 1. The lowest BCUT2D eigenvalue weighted by atomic mass is 10.2. The zero-order chi connectivity index (χ0) is 15.8. The van der Waals surface area contributed by atoms with Crippen LogP contribution in [0, 0.1) is 0 Å². The van der Waals surface area contributed by atoms with Crippen molar-refractivity contribution >= 4 is 35.5 Å². The monoisotopic (exact) mass is 313 g/mol. The summed E-state index contributed by atoms with van der Waals surface area (Å²) in [5.41, 5.74) is 4.63. The minimum Gasteiger partial charge on any atom is -0.476 e. The van der Waals surface area contributed by atoms with Crippen LogP contribution in [0.1, 0.15) is 16.9 Å². The number of nitrogens with two attached hydrogens (primary N) is 1. The van der Waals surface area contributed by atoms with E-state index in [1.165, 1.54) is 24.2 Å². The van der Waals surface area contributed by atoms with Gasteiger partial charge in [-0.25, -0.2) is 19.6 Å². The topological polar surface area (TPSA) is 147 Å². The number of amides is 3. The number of aromatic carboxylic acids is 1. The van der Waals surface area contributed by atoms with E-state index in [0.717, 1.165) is 0 Å². The van der Waals surface area contributed by atoms with Crippen molar-refractivity contribution in [3.05, 3.63) is 18.1 Å². The molecule has 1 unspecified atom stereocenters. The van der Waals surface area contributed by atoms with Crippen molar-refractivity contribution in [2.75, 3.05) is 17.3 Å². The Bertz CT molecular complexity index is 539. The number of urea groups is 1. The maximum Gasteiger partial charge on any atom is 0.358 e. The normalized spacial score (nSPS) is 11.5. The lowest BCUT2D eigenvalue weighted by molar-refractivity contribution is -0.118. The Kier molecular flexibility index (Phi) is 6.40. The van der Waals surface area contributed by atoms with Gasteiger partial charge in [0.2, 0.25) is 5.91 Å². The molecule has 0 bridgehead atoms. The van der Waals surface area contributed by atoms with E-state index in [1.54, 1.807) is 0 Å². The highest BCUT2D eigenvalue weighted by Gasteiger charge is 2.22. The third-order valence-electron chi connectivity index (χ3n) is 2.39. The number of carboxylic acids is 1. The van der Waals surface area contributed by atoms with Crippen molar-refractivity contribution < 1.29 is 19.5 Å². The van der Waals surface area contributed by atoms with Crippen LogP contribution < -0.4 is 16.4 Å². The van der Waals surface area contributed by atoms with Crippen LogP contribution in [0.25, 0.3) is 0 Å². The number of primary amides is 1. The molecule has 1 atom stereocenters. The molecule has 0 aliphatic carbocycles. The summed E-state index contributed by atoms with van der Waals surface area (Å²) in [6.45, 7) is 0. The smallest absolute Gasteiger partial charge is 0.358 e. The first-order chi connectivity index (χ1) is 9.95. The predicted molar refractivity (Wildman–Crippen MR) is 77.1 cm³/mol. The summed E-state index contributed by atoms with van der Waals surface area (Å²) in [5, 5.41) is 13.6. The highest BCUT2D eigenvalue weighted by molar-refractivity contribution is 7.98. The van der Waals surface area contributed by atoms with E-state index in [0.29, 0.717) is 12.2 Å². The molecular weight excluding hydrogens is 298 g/mol. The molecule has 3 amide bonds. The van der Waals surface area contributed by atoms with Gasteiger partial charge in [0.1, 0.15) is 6.04 Å². The van der Waals surface area contributed by atoms with Crippen LogP contribution >= 0.6 is 11.8 Å². The van der Waals surface area contributed by atoms with E-state index in [2.05, 4.69) is 20.6 Å². The van der Waals surface area contributed by atoms with Crippen LogP contribution in [0.4, 0.5) is 10.6 Å². The Morgan fingerprint density at radius 2 is 2.05 bits per heavy atom. The zero-order valence-corrected chi connectivity index (χ0v) is 12.0. The number of aromatic nitrogens is 2. The maximum absolute atomic E-state index is 12.1. The van der Waals surface area contributed by atoms with Gasteiger partial charge >= 0.3 is 12.0 Å². The molecule has 1 aromatic rings. The average molecular weight is 313 g/mol. The molecule has 114 valence electrons. The Morgan fingerprint density at radius 1 is 1.38 bits per heavy atom. The van der Waals surface area contributed by atoms with Gasteiger partial charge in [-0.05, 0) is 18.4 Å². The lowest BCUT2D eigenvalue weighted by Crippen LogP contribution is -2.46. The zero-order valence-electron chi connectivity index (χ0n) is 11.2. The van der Waals surface area contributed by atoms with Crippen molar-refractivity contribution in [3.63, 3.8) is 0 Å². The molecule has 1 aromatic heterocycles. The molecule has 0 spiro atoms. The Morgan fingerprint density at radius 3 is 2.62 bits per heavy atom. The lowest BCUT2D eigenvalue weighted by Gasteiger charge is -2.16. The molecule has 0 aliphatic heterocycles. The molecule has 10 heteroatoms. The van der Waals surface area contributed by atoms with Gasteiger partial charge in [-0.3, -0.25) is 4.79 Å². The van der Waals surface area contributed by atoms with Gasteiger partial charge in [0, 0.05) is 12.4 Å². The average Bonchev–Trinajstić information content (AvgIpc) is 2.43. The van der Waals surface area contributed by atoms with E-state index < -0.39 is 23.9 Å². The molecule has 0 aromatic carbocycles. The Hall–Kier alpha value is -2.36. The molecule has 1 heterocycles. The van der Waals surface area contributed by atoms with E-state index in [1.807, 2.05) is 6.26 Å². The van der Waals surface area contributed by atoms with Crippen molar-refractivity contribution in [1.29, 1.82) is 0 Å². The van der Waals surface area contributed by atoms with Gasteiger partial charge in [0.05, 0.1) is 0 Å². The van der Waals surface area contributed by atoms with Gasteiger partial charge in [-0.15, -0.1) is 0 Å². The molecule has 0 saturated heterocycles. The number of hydrogen-bond acceptors (Lipinski definition) is 6. The SMILES string of the molecule is CSCCC(NC(N)=O)C(=O)Nc1nccnc1C(=O)O. The second-order valence-corrected chi connectivity index (χ2v) is 4.88. The minimum absolute atomic E-state index is 0.185. The minimum atomic E-state index is -1.32. The largest absolute Gasteiger partial charge is 0.476 e. The molecule has 5 N–H and O–H groups in total. The molecule has 1 rings (SSSR count). The van der Waals surface area contributed by atoms with Gasteiger partial charge in [0.25, 0.3) is 0 Å². The molecule has 0 saturated carbocycles. The number of thioether (sulfide) groups is 1. The highest BCUT2D eigenvalue weighted by atomic mass is 32.2. The Labute approximate surface area is 124 Å². The highest BCUT2D eigenvalue weighted by Crippen LogP contribution is 2.10. The quantitative estimate of drug-likeness (QED) is 0.549. The number of nitrogens with one attached hydrogen (secondary N) is 2. The van der Waals surface area contributed by atoms with E-state index in [4.69, 9.17) is 10.8 Å². The third kappa shape index (κ3) is 5.26. The van der Waals surface area contributed by atoms with Crippen LogP contribution in [0.2, 0.25) is 0 Å². The van der Waals surface area contributed by atoms with Crippen molar-refractivity contribution in [2.24, 2.45) is 5.73 Å². The van der Waals surface area contributed by atoms with Crippen LogP contribution in [-0.4, -0.2) is 51.0 Å². The first kappa shape index (κ1) is 16.7. The second-order valence-electron chi connectivity index (χ2n) is 3.89. The van der Waals surface area contributed by atoms with Crippen LogP contribution in [-0.2, 0) is 4.79 Å². The van der Waals surface area contributed by atoms with Gasteiger partial charge in [0.15, 0.2) is 11.5 Å². The van der Waals surface area contributed by atoms with Crippen molar-refractivity contribution in [3.8, 4) is 0 Å². The summed E-state index contributed by atoms with van der Waals surface area (Å²) < 4.78 is 0. The van der Waals surface area contributed by atoms with Crippen LogP contribution in [0.3, 0.4) is 0 Å². The number of nitrogens with zero attached hydrogens (tertiary/aromatic N) is 2. The third-order valence-corrected chi connectivity index (χ3v) is 3.03. The molecule has 0 aliphatic rings. The number of rotatable bonds is 7. The summed E-state index contributed by atoms with van der Waals surface area (Å²) in [6, 6.07) is -1.72. The number of hydrogen-bond donors (Lipinski definition) is 4. The van der Waals surface area contributed by atoms with Crippen LogP contribution in [0.5, 0.6) is 0 Å². The van der Waals surface area contributed by atoms with E-state index in [9.17, 15) is 14.4 Å². The first-order valence-electron chi connectivity index (χ1n) is 5.85. The maximum atomic E-state index is 12.1. The second kappa shape index (κ2) is 8.04. The van der Waals surface area contributed by atoms with E-state index >= 15 is 0 Å². The number of carbonyl (C=O) groups excluding carboxylic acids is 2. The van der Waals surface area contributed by atoms with Gasteiger partial charge in [-0.2, -0.15) is 11.8 Å². The van der Waals surface area contributed by atoms with Crippen LogP contribution in [0.15, 0.2) is 12.4 Å². The van der Waals surface area contributed by atoms with Crippen molar-refractivity contribution in [1.82, 2.24) is 15.3 Å². The summed E-state index contributed by atoms with van der Waals surface area (Å²) >= 11 is 1.49. The fourth-order valence-corrected chi connectivity index (χ4v) is 1.94.